The highest BCUT2D eigenvalue weighted by Crippen LogP contribution is 2.30. The maximum absolute atomic E-state index is 12.9. The van der Waals surface area contributed by atoms with Gasteiger partial charge in [-0.2, -0.15) is 13.2 Å². The van der Waals surface area contributed by atoms with E-state index >= 15 is 0 Å². The van der Waals surface area contributed by atoms with E-state index in [-0.39, 0.29) is 43.9 Å². The van der Waals surface area contributed by atoms with Crippen LogP contribution < -0.4 is 0 Å². The summed E-state index contributed by atoms with van der Waals surface area (Å²) in [5.74, 6) is -2.42. The lowest BCUT2D eigenvalue weighted by Crippen LogP contribution is -2.39. The Morgan fingerprint density at radius 1 is 1.35 bits per heavy atom. The third kappa shape index (κ3) is 4.87. The number of hydrogen-bond donors (Lipinski definition) is 1. The van der Waals surface area contributed by atoms with E-state index in [1.807, 2.05) is 0 Å². The van der Waals surface area contributed by atoms with E-state index in [0.29, 0.717) is 12.5 Å². The van der Waals surface area contributed by atoms with Crippen LogP contribution in [0, 0.1) is 5.92 Å². The molecule has 0 aromatic carbocycles. The molecule has 1 aliphatic rings. The number of rotatable bonds is 7. The first kappa shape index (κ1) is 20.5. The van der Waals surface area contributed by atoms with Gasteiger partial charge in [0.25, 0.3) is 0 Å². The van der Waals surface area contributed by atoms with Gasteiger partial charge in [0.15, 0.2) is 5.78 Å². The lowest BCUT2D eigenvalue weighted by molar-refractivity contribution is -0.141. The summed E-state index contributed by atoms with van der Waals surface area (Å²) in [5.41, 5.74) is -1.52. The number of Topliss-reactive ketones (excluding diaryl/α,β-unsaturated/α-hetero) is 2. The number of pyridine rings is 1. The van der Waals surface area contributed by atoms with E-state index in [1.165, 1.54) is 7.11 Å². The Kier molecular flexibility index (Phi) is 6.85. The van der Waals surface area contributed by atoms with E-state index in [0.717, 1.165) is 6.07 Å². The second-order valence-electron chi connectivity index (χ2n) is 6.00. The number of aliphatic hydroxyl groups excluding tert-OH is 1. The van der Waals surface area contributed by atoms with E-state index in [1.54, 1.807) is 0 Å². The number of ether oxygens (including phenoxy) is 2. The first-order valence-corrected chi connectivity index (χ1v) is 8.14. The highest BCUT2D eigenvalue weighted by atomic mass is 19.4. The van der Waals surface area contributed by atoms with Gasteiger partial charge in [0, 0.05) is 19.1 Å². The zero-order chi connectivity index (χ0) is 19.3. The molecular weight excluding hydrogens is 355 g/mol. The number of nitrogens with zero attached hydrogens (tertiary/aromatic N) is 1. The molecular formula is C17H20F3NO5. The molecule has 1 N–H and O–H groups in total. The molecule has 0 saturated heterocycles. The van der Waals surface area contributed by atoms with Crippen LogP contribution >= 0.6 is 0 Å². The molecule has 26 heavy (non-hydrogen) atoms. The van der Waals surface area contributed by atoms with E-state index in [2.05, 4.69) is 4.98 Å². The minimum Gasteiger partial charge on any atom is -0.392 e. The molecule has 0 bridgehead atoms. The SMILES string of the molecule is COCCOCc1nc(C(F)(F)F)ccc1C(=O)C1C(=O)CCCC1O. The minimum absolute atomic E-state index is 0.104. The largest absolute Gasteiger partial charge is 0.433 e. The van der Waals surface area contributed by atoms with Crippen LogP contribution in [-0.4, -0.2) is 48.1 Å². The van der Waals surface area contributed by atoms with Crippen molar-refractivity contribution in [3.8, 4) is 0 Å². The maximum atomic E-state index is 12.9. The van der Waals surface area contributed by atoms with Crippen LogP contribution in [0.2, 0.25) is 0 Å². The van der Waals surface area contributed by atoms with Crippen molar-refractivity contribution in [1.82, 2.24) is 4.98 Å². The summed E-state index contributed by atoms with van der Waals surface area (Å²) in [6, 6.07) is 1.67. The van der Waals surface area contributed by atoms with E-state index in [9.17, 15) is 27.9 Å². The summed E-state index contributed by atoms with van der Waals surface area (Å²) < 4.78 is 48.8. The molecule has 0 amide bonds. The van der Waals surface area contributed by atoms with Crippen LogP contribution in [0.3, 0.4) is 0 Å². The second-order valence-corrected chi connectivity index (χ2v) is 6.00. The van der Waals surface area contributed by atoms with Crippen LogP contribution in [0.1, 0.15) is 41.0 Å². The molecule has 1 aliphatic carbocycles. The number of aromatic nitrogens is 1. The molecule has 1 fully saturated rings. The zero-order valence-corrected chi connectivity index (χ0v) is 14.2. The second kappa shape index (κ2) is 8.70. The van der Waals surface area contributed by atoms with Crippen LogP contribution in [-0.2, 0) is 27.1 Å². The van der Waals surface area contributed by atoms with Crippen molar-refractivity contribution in [2.45, 2.75) is 38.1 Å². The third-order valence-corrected chi connectivity index (χ3v) is 4.14. The van der Waals surface area contributed by atoms with Crippen LogP contribution in [0.15, 0.2) is 12.1 Å². The predicted octanol–water partition coefficient (Wildman–Crippen LogP) is 2.18. The summed E-state index contributed by atoms with van der Waals surface area (Å²) in [6.45, 7) is -0.0134. The van der Waals surface area contributed by atoms with Crippen LogP contribution in [0.25, 0.3) is 0 Å². The summed E-state index contributed by atoms with van der Waals surface area (Å²) in [5, 5.41) is 10.0. The van der Waals surface area contributed by atoms with Gasteiger partial charge in [0.2, 0.25) is 0 Å². The summed E-state index contributed by atoms with van der Waals surface area (Å²) in [6.07, 6.45) is -4.91. The Morgan fingerprint density at radius 2 is 2.08 bits per heavy atom. The first-order chi connectivity index (χ1) is 12.3. The summed E-state index contributed by atoms with van der Waals surface area (Å²) >= 11 is 0. The summed E-state index contributed by atoms with van der Waals surface area (Å²) in [4.78, 5) is 28.2. The van der Waals surface area contributed by atoms with Gasteiger partial charge in [-0.3, -0.25) is 9.59 Å². The number of carbonyl (C=O) groups is 2. The fourth-order valence-corrected chi connectivity index (χ4v) is 2.82. The number of ketones is 2. The molecule has 2 unspecified atom stereocenters. The molecule has 2 rings (SSSR count). The molecule has 1 aromatic rings. The molecule has 1 heterocycles. The van der Waals surface area contributed by atoms with E-state index in [4.69, 9.17) is 9.47 Å². The third-order valence-electron chi connectivity index (χ3n) is 4.14. The number of carbonyl (C=O) groups excluding carboxylic acids is 2. The number of hydrogen-bond acceptors (Lipinski definition) is 6. The molecule has 6 nitrogen and oxygen atoms in total. The average molecular weight is 375 g/mol. The van der Waals surface area contributed by atoms with Crippen molar-refractivity contribution in [2.24, 2.45) is 5.92 Å². The van der Waals surface area contributed by atoms with Crippen molar-refractivity contribution in [2.75, 3.05) is 20.3 Å². The van der Waals surface area contributed by atoms with Crippen molar-refractivity contribution in [1.29, 1.82) is 0 Å². The van der Waals surface area contributed by atoms with Crippen molar-refractivity contribution < 1.29 is 37.3 Å². The smallest absolute Gasteiger partial charge is 0.392 e. The van der Waals surface area contributed by atoms with Crippen molar-refractivity contribution in [3.05, 3.63) is 29.1 Å². The lowest BCUT2D eigenvalue weighted by Gasteiger charge is -2.25. The van der Waals surface area contributed by atoms with Gasteiger partial charge in [-0.15, -0.1) is 0 Å². The molecule has 2 atom stereocenters. The number of aliphatic hydroxyl groups is 1. The maximum Gasteiger partial charge on any atom is 0.433 e. The lowest BCUT2D eigenvalue weighted by atomic mass is 9.80. The minimum atomic E-state index is -4.68. The van der Waals surface area contributed by atoms with Crippen LogP contribution in [0.4, 0.5) is 13.2 Å². The number of halogens is 3. The Hall–Kier alpha value is -1.84. The Labute approximate surface area is 148 Å². The zero-order valence-electron chi connectivity index (χ0n) is 14.2. The molecule has 9 heteroatoms. The van der Waals surface area contributed by atoms with Gasteiger partial charge in [0.1, 0.15) is 17.4 Å². The average Bonchev–Trinajstić information content (AvgIpc) is 2.57. The van der Waals surface area contributed by atoms with Gasteiger partial charge in [-0.05, 0) is 25.0 Å². The Bertz CT molecular complexity index is 662. The van der Waals surface area contributed by atoms with E-state index < -0.39 is 35.5 Å². The predicted molar refractivity (Wildman–Crippen MR) is 83.5 cm³/mol. The molecule has 1 aromatic heterocycles. The normalized spacial score (nSPS) is 21.0. The van der Waals surface area contributed by atoms with Crippen molar-refractivity contribution >= 4 is 11.6 Å². The molecule has 0 aliphatic heterocycles. The summed E-state index contributed by atoms with van der Waals surface area (Å²) in [7, 11) is 1.44. The molecule has 0 spiro atoms. The quantitative estimate of drug-likeness (QED) is 0.447. The fraction of sp³-hybridized carbons (Fsp3) is 0.588. The molecule has 144 valence electrons. The first-order valence-electron chi connectivity index (χ1n) is 8.14. The topological polar surface area (TPSA) is 85.7 Å². The van der Waals surface area contributed by atoms with Gasteiger partial charge in [0.05, 0.1) is 31.6 Å². The van der Waals surface area contributed by atoms with Gasteiger partial charge in [-0.25, -0.2) is 4.98 Å². The Balaban J connectivity index is 2.32. The monoisotopic (exact) mass is 375 g/mol. The van der Waals surface area contributed by atoms with Crippen LogP contribution in [0.5, 0.6) is 0 Å². The van der Waals surface area contributed by atoms with Gasteiger partial charge >= 0.3 is 6.18 Å². The van der Waals surface area contributed by atoms with Gasteiger partial charge < -0.3 is 14.6 Å². The molecule has 0 radical (unpaired) electrons. The standard InChI is InChI=1S/C17H20F3NO5/c1-25-7-8-26-9-11-10(5-6-14(21-11)17(18,19)20)16(24)15-12(22)3-2-4-13(15)23/h5-6,12,15,22H,2-4,7-9H2,1H3. The Morgan fingerprint density at radius 3 is 2.69 bits per heavy atom. The molecule has 1 saturated carbocycles. The van der Waals surface area contributed by atoms with Gasteiger partial charge in [-0.1, -0.05) is 0 Å². The number of alkyl halides is 3. The fourth-order valence-electron chi connectivity index (χ4n) is 2.82. The highest BCUT2D eigenvalue weighted by molar-refractivity contribution is 6.12. The van der Waals surface area contributed by atoms with Crippen molar-refractivity contribution in [3.63, 3.8) is 0 Å². The number of methoxy groups -OCH3 is 1. The highest BCUT2D eigenvalue weighted by Gasteiger charge is 2.39.